The summed E-state index contributed by atoms with van der Waals surface area (Å²) in [5, 5.41) is 6.17. The molecule has 0 bridgehead atoms. The van der Waals surface area contributed by atoms with Crippen LogP contribution in [0.3, 0.4) is 0 Å². The number of benzene rings is 1. The van der Waals surface area contributed by atoms with E-state index < -0.39 is 10.0 Å². The number of carbonyl (C=O) groups excluding carboxylic acids is 1. The van der Waals surface area contributed by atoms with E-state index in [0.717, 1.165) is 31.4 Å². The average molecular weight is 396 g/mol. The van der Waals surface area contributed by atoms with Crippen LogP contribution in [0.5, 0.6) is 0 Å². The van der Waals surface area contributed by atoms with E-state index in [2.05, 4.69) is 10.6 Å². The first kappa shape index (κ1) is 20.1. The topological polar surface area (TPSA) is 87.7 Å². The van der Waals surface area contributed by atoms with Gasteiger partial charge in [-0.25, -0.2) is 8.42 Å². The van der Waals surface area contributed by atoms with Crippen molar-refractivity contribution in [3.63, 3.8) is 0 Å². The SMILES string of the molecule is CCNc1ccc(S(=O)(=O)N2CCOCC2)cc1NC(=O)C1CCCCC1. The van der Waals surface area contributed by atoms with Gasteiger partial charge in [-0.3, -0.25) is 4.79 Å². The van der Waals surface area contributed by atoms with Crippen molar-refractivity contribution in [2.45, 2.75) is 43.9 Å². The molecule has 27 heavy (non-hydrogen) atoms. The number of anilines is 2. The number of nitrogens with one attached hydrogen (secondary N) is 2. The summed E-state index contributed by atoms with van der Waals surface area (Å²) < 4.78 is 32.6. The molecule has 1 saturated heterocycles. The molecule has 3 rings (SSSR count). The van der Waals surface area contributed by atoms with Crippen LogP contribution in [-0.2, 0) is 19.6 Å². The number of hydrogen-bond donors (Lipinski definition) is 2. The fourth-order valence-corrected chi connectivity index (χ4v) is 5.10. The first-order chi connectivity index (χ1) is 13.0. The highest BCUT2D eigenvalue weighted by Crippen LogP contribution is 2.30. The molecule has 7 nitrogen and oxygen atoms in total. The molecule has 1 heterocycles. The number of rotatable bonds is 6. The third kappa shape index (κ3) is 4.80. The lowest BCUT2D eigenvalue weighted by Crippen LogP contribution is -2.40. The van der Waals surface area contributed by atoms with Crippen molar-refractivity contribution >= 4 is 27.3 Å². The molecule has 1 aliphatic carbocycles. The maximum Gasteiger partial charge on any atom is 0.243 e. The van der Waals surface area contributed by atoms with E-state index in [-0.39, 0.29) is 16.7 Å². The van der Waals surface area contributed by atoms with Crippen molar-refractivity contribution in [1.82, 2.24) is 4.31 Å². The van der Waals surface area contributed by atoms with Gasteiger partial charge >= 0.3 is 0 Å². The van der Waals surface area contributed by atoms with Crippen molar-refractivity contribution in [1.29, 1.82) is 0 Å². The molecule has 0 radical (unpaired) electrons. The van der Waals surface area contributed by atoms with Gasteiger partial charge in [0.15, 0.2) is 0 Å². The molecule has 8 heteroatoms. The van der Waals surface area contributed by atoms with Gasteiger partial charge in [-0.15, -0.1) is 0 Å². The van der Waals surface area contributed by atoms with Crippen LogP contribution in [0.1, 0.15) is 39.0 Å². The Bertz CT molecular complexity index is 754. The number of carbonyl (C=O) groups is 1. The van der Waals surface area contributed by atoms with Crippen LogP contribution in [-0.4, -0.2) is 51.5 Å². The molecule has 2 N–H and O–H groups in total. The molecule has 2 fully saturated rings. The third-order valence-corrected chi connectivity index (χ3v) is 7.09. The molecule has 0 atom stereocenters. The second-order valence-electron chi connectivity index (χ2n) is 7.08. The summed E-state index contributed by atoms with van der Waals surface area (Å²) in [6.07, 6.45) is 5.12. The third-order valence-electron chi connectivity index (χ3n) is 5.20. The van der Waals surface area contributed by atoms with Gasteiger partial charge in [0.2, 0.25) is 15.9 Å². The first-order valence-electron chi connectivity index (χ1n) is 9.79. The predicted molar refractivity (Wildman–Crippen MR) is 105 cm³/mol. The Labute approximate surface area is 161 Å². The van der Waals surface area contributed by atoms with Crippen molar-refractivity contribution in [2.24, 2.45) is 5.92 Å². The van der Waals surface area contributed by atoms with Gasteiger partial charge in [0.1, 0.15) is 0 Å². The highest BCUT2D eigenvalue weighted by molar-refractivity contribution is 7.89. The van der Waals surface area contributed by atoms with Crippen LogP contribution in [0.15, 0.2) is 23.1 Å². The average Bonchev–Trinajstić information content (AvgIpc) is 2.70. The highest BCUT2D eigenvalue weighted by Gasteiger charge is 2.28. The van der Waals surface area contributed by atoms with Crippen LogP contribution in [0.2, 0.25) is 0 Å². The normalized spacial score (nSPS) is 19.6. The number of nitrogens with zero attached hydrogens (tertiary/aromatic N) is 1. The Balaban J connectivity index is 1.84. The van der Waals surface area contributed by atoms with Gasteiger partial charge < -0.3 is 15.4 Å². The molecule has 1 aliphatic heterocycles. The lowest BCUT2D eigenvalue weighted by Gasteiger charge is -2.26. The zero-order valence-corrected chi connectivity index (χ0v) is 16.7. The fourth-order valence-electron chi connectivity index (χ4n) is 3.67. The number of amides is 1. The van der Waals surface area contributed by atoms with Gasteiger partial charge in [0.25, 0.3) is 0 Å². The summed E-state index contributed by atoms with van der Waals surface area (Å²) in [6, 6.07) is 4.90. The largest absolute Gasteiger partial charge is 0.384 e. The van der Waals surface area contributed by atoms with E-state index in [1.165, 1.54) is 10.7 Å². The van der Waals surface area contributed by atoms with E-state index in [4.69, 9.17) is 4.74 Å². The smallest absolute Gasteiger partial charge is 0.243 e. The zero-order chi connectivity index (χ0) is 19.3. The number of hydrogen-bond acceptors (Lipinski definition) is 5. The standard InChI is InChI=1S/C19H29N3O4S/c1-2-20-17-9-8-16(27(24,25)22-10-12-26-13-11-22)14-18(17)21-19(23)15-6-4-3-5-7-15/h8-9,14-15,20H,2-7,10-13H2,1H3,(H,21,23). The molecule has 0 spiro atoms. The minimum absolute atomic E-state index is 0.00716. The van der Waals surface area contributed by atoms with Gasteiger partial charge in [-0.2, -0.15) is 4.31 Å². The van der Waals surface area contributed by atoms with E-state index in [1.807, 2.05) is 6.92 Å². The maximum absolute atomic E-state index is 12.9. The molecule has 1 aromatic carbocycles. The Kier molecular flexibility index (Phi) is 6.73. The van der Waals surface area contributed by atoms with E-state index in [1.54, 1.807) is 18.2 Å². The summed E-state index contributed by atoms with van der Waals surface area (Å²) in [7, 11) is -3.60. The Morgan fingerprint density at radius 1 is 1.15 bits per heavy atom. The molecular weight excluding hydrogens is 366 g/mol. The summed E-state index contributed by atoms with van der Waals surface area (Å²) in [5.41, 5.74) is 1.27. The molecule has 1 amide bonds. The van der Waals surface area contributed by atoms with Gasteiger partial charge in [-0.05, 0) is 38.0 Å². The van der Waals surface area contributed by atoms with Crippen molar-refractivity contribution < 1.29 is 17.9 Å². The fraction of sp³-hybridized carbons (Fsp3) is 0.632. The molecule has 1 aromatic rings. The number of ether oxygens (including phenoxy) is 1. The predicted octanol–water partition coefficient (Wildman–Crippen LogP) is 2.66. The monoisotopic (exact) mass is 395 g/mol. The summed E-state index contributed by atoms with van der Waals surface area (Å²) in [5.74, 6) is -0.0116. The minimum Gasteiger partial charge on any atom is -0.384 e. The molecule has 0 unspecified atom stereocenters. The molecular formula is C19H29N3O4S. The van der Waals surface area contributed by atoms with E-state index >= 15 is 0 Å². The lowest BCUT2D eigenvalue weighted by molar-refractivity contribution is -0.120. The van der Waals surface area contributed by atoms with Crippen molar-refractivity contribution in [3.05, 3.63) is 18.2 Å². The van der Waals surface area contributed by atoms with E-state index in [0.29, 0.717) is 38.5 Å². The van der Waals surface area contributed by atoms with Crippen molar-refractivity contribution in [3.8, 4) is 0 Å². The van der Waals surface area contributed by atoms with Gasteiger partial charge in [0.05, 0.1) is 29.5 Å². The van der Waals surface area contributed by atoms with Crippen LogP contribution in [0.4, 0.5) is 11.4 Å². The number of sulfonamides is 1. The van der Waals surface area contributed by atoms with Crippen molar-refractivity contribution in [2.75, 3.05) is 43.5 Å². The summed E-state index contributed by atoms with van der Waals surface area (Å²) in [6.45, 7) is 4.15. The van der Waals surface area contributed by atoms with E-state index in [9.17, 15) is 13.2 Å². The zero-order valence-electron chi connectivity index (χ0n) is 15.9. The van der Waals surface area contributed by atoms with Crippen LogP contribution in [0.25, 0.3) is 0 Å². The first-order valence-corrected chi connectivity index (χ1v) is 11.2. The van der Waals surface area contributed by atoms with Gasteiger partial charge in [0, 0.05) is 25.6 Å². The van der Waals surface area contributed by atoms with Crippen LogP contribution < -0.4 is 10.6 Å². The minimum atomic E-state index is -3.60. The second-order valence-corrected chi connectivity index (χ2v) is 9.02. The van der Waals surface area contributed by atoms with Gasteiger partial charge in [-0.1, -0.05) is 19.3 Å². The Morgan fingerprint density at radius 2 is 1.85 bits per heavy atom. The number of morpholine rings is 1. The Hall–Kier alpha value is -1.64. The molecule has 0 aromatic heterocycles. The summed E-state index contributed by atoms with van der Waals surface area (Å²) >= 11 is 0. The van der Waals surface area contributed by atoms with Crippen LogP contribution in [0, 0.1) is 5.92 Å². The highest BCUT2D eigenvalue weighted by atomic mass is 32.2. The quantitative estimate of drug-likeness (QED) is 0.773. The Morgan fingerprint density at radius 3 is 2.52 bits per heavy atom. The molecule has 1 saturated carbocycles. The molecule has 150 valence electrons. The second kappa shape index (κ2) is 9.03. The lowest BCUT2D eigenvalue weighted by atomic mass is 9.88. The maximum atomic E-state index is 12.9. The molecule has 2 aliphatic rings. The van der Waals surface area contributed by atoms with Crippen LogP contribution >= 0.6 is 0 Å². The summed E-state index contributed by atoms with van der Waals surface area (Å²) in [4.78, 5) is 12.9.